The van der Waals surface area contributed by atoms with Crippen molar-refractivity contribution in [2.24, 2.45) is 5.10 Å². The van der Waals surface area contributed by atoms with Crippen molar-refractivity contribution in [3.8, 4) is 0 Å². The molecule has 0 radical (unpaired) electrons. The molecule has 0 atom stereocenters. The smallest absolute Gasteiger partial charge is 0.342 e. The van der Waals surface area contributed by atoms with Crippen LogP contribution in [0.3, 0.4) is 0 Å². The third-order valence-corrected chi connectivity index (χ3v) is 3.64. The maximum Gasteiger partial charge on any atom is 0.342 e. The fourth-order valence-corrected chi connectivity index (χ4v) is 2.42. The number of hydrogen-bond donors (Lipinski definition) is 1. The average molecular weight is 323 g/mol. The highest BCUT2D eigenvalue weighted by atomic mass is 16.5. The summed E-state index contributed by atoms with van der Waals surface area (Å²) in [6.45, 7) is 2.44. The molecule has 1 aliphatic rings. The summed E-state index contributed by atoms with van der Waals surface area (Å²) in [7, 11) is 0. The van der Waals surface area contributed by atoms with E-state index in [1.807, 2.05) is 30.3 Å². The largest absolute Gasteiger partial charge is 0.462 e. The third-order valence-electron chi connectivity index (χ3n) is 3.64. The number of benzene rings is 2. The highest BCUT2D eigenvalue weighted by Crippen LogP contribution is 2.19. The minimum atomic E-state index is -0.376. The number of nitrogens with one attached hydrogen (secondary N) is 1. The molecule has 3 rings (SSSR count). The summed E-state index contributed by atoms with van der Waals surface area (Å²) in [5.41, 5.74) is 5.38. The Labute approximate surface area is 139 Å². The van der Waals surface area contributed by atoms with Crippen molar-refractivity contribution in [3.05, 3.63) is 65.7 Å². The summed E-state index contributed by atoms with van der Waals surface area (Å²) in [4.78, 5) is 25.4. The van der Waals surface area contributed by atoms with Crippen LogP contribution in [0, 0.1) is 0 Å². The number of rotatable bonds is 4. The number of carbonyl (C=O) groups excluding carboxylic acids is 2. The van der Waals surface area contributed by atoms with E-state index in [2.05, 4.69) is 10.5 Å². The molecule has 6 heteroatoms. The van der Waals surface area contributed by atoms with E-state index in [0.29, 0.717) is 24.4 Å². The Kier molecular flexibility index (Phi) is 4.56. The fourth-order valence-electron chi connectivity index (χ4n) is 2.42. The molecular weight excluding hydrogens is 306 g/mol. The summed E-state index contributed by atoms with van der Waals surface area (Å²) in [6, 6.07) is 16.1. The molecule has 0 fully saturated rings. The predicted molar refractivity (Wildman–Crippen MR) is 91.3 cm³/mol. The lowest BCUT2D eigenvalue weighted by atomic mass is 10.1. The van der Waals surface area contributed by atoms with Gasteiger partial charge in [0.1, 0.15) is 0 Å². The Morgan fingerprint density at radius 2 is 1.88 bits per heavy atom. The molecule has 24 heavy (non-hydrogen) atoms. The molecule has 0 bridgehead atoms. The second kappa shape index (κ2) is 6.95. The van der Waals surface area contributed by atoms with Crippen LogP contribution in [0.5, 0.6) is 0 Å². The van der Waals surface area contributed by atoms with Gasteiger partial charge in [0, 0.05) is 5.69 Å². The van der Waals surface area contributed by atoms with Gasteiger partial charge in [0.05, 0.1) is 24.4 Å². The maximum atomic E-state index is 12.1. The molecule has 1 heterocycles. The van der Waals surface area contributed by atoms with Crippen molar-refractivity contribution in [3.63, 3.8) is 0 Å². The second-order valence-electron chi connectivity index (χ2n) is 5.19. The molecular formula is C18H17N3O3. The Morgan fingerprint density at radius 1 is 1.17 bits per heavy atom. The van der Waals surface area contributed by atoms with Gasteiger partial charge in [-0.25, -0.2) is 15.0 Å². The molecule has 2 aromatic carbocycles. The zero-order valence-corrected chi connectivity index (χ0v) is 13.2. The first-order chi connectivity index (χ1) is 11.7. The van der Waals surface area contributed by atoms with Gasteiger partial charge in [0.15, 0.2) is 0 Å². The van der Waals surface area contributed by atoms with E-state index in [0.717, 1.165) is 11.3 Å². The first-order valence-electron chi connectivity index (χ1n) is 7.65. The van der Waals surface area contributed by atoms with Crippen LogP contribution in [-0.2, 0) is 4.74 Å². The molecule has 0 unspecified atom stereocenters. The number of hydrogen-bond acceptors (Lipinski definition) is 4. The van der Waals surface area contributed by atoms with E-state index in [9.17, 15) is 9.59 Å². The number of urea groups is 1. The van der Waals surface area contributed by atoms with Crippen LogP contribution in [0.25, 0.3) is 0 Å². The van der Waals surface area contributed by atoms with Crippen LogP contribution < -0.4 is 10.3 Å². The van der Waals surface area contributed by atoms with Crippen molar-refractivity contribution in [1.82, 2.24) is 5.43 Å². The normalized spacial score (nSPS) is 14.0. The van der Waals surface area contributed by atoms with E-state index < -0.39 is 0 Å². The molecule has 1 N–H and O–H groups in total. The van der Waals surface area contributed by atoms with Gasteiger partial charge in [-0.2, -0.15) is 5.10 Å². The lowest BCUT2D eigenvalue weighted by molar-refractivity contribution is 0.0526. The first-order valence-corrected chi connectivity index (χ1v) is 7.65. The second-order valence-corrected chi connectivity index (χ2v) is 5.19. The van der Waals surface area contributed by atoms with Crippen LogP contribution in [-0.4, -0.2) is 30.9 Å². The highest BCUT2D eigenvalue weighted by Gasteiger charge is 2.23. The molecule has 0 saturated heterocycles. The first kappa shape index (κ1) is 15.7. The van der Waals surface area contributed by atoms with Gasteiger partial charge in [0.25, 0.3) is 0 Å². The van der Waals surface area contributed by atoms with Crippen LogP contribution in [0.2, 0.25) is 0 Å². The molecule has 0 aromatic heterocycles. The Balaban J connectivity index is 1.80. The third kappa shape index (κ3) is 3.27. The minimum Gasteiger partial charge on any atom is -0.462 e. The van der Waals surface area contributed by atoms with E-state index in [1.165, 1.54) is 0 Å². The zero-order valence-electron chi connectivity index (χ0n) is 13.2. The fraction of sp³-hybridized carbons (Fsp3) is 0.167. The van der Waals surface area contributed by atoms with E-state index in [4.69, 9.17) is 4.74 Å². The Bertz CT molecular complexity index is 770. The standard InChI is InChI=1S/C18H17N3O3/c1-2-24-17(22)14-8-10-15(11-9-14)21-12-16(19-20-18(21)23)13-6-4-3-5-7-13/h3-11H,2,12H2,1H3,(H,20,23). The van der Waals surface area contributed by atoms with Crippen LogP contribution in [0.15, 0.2) is 59.7 Å². The minimum absolute atomic E-state index is 0.307. The molecule has 1 aliphatic heterocycles. The van der Waals surface area contributed by atoms with Crippen molar-refractivity contribution in [2.75, 3.05) is 18.1 Å². The number of hydrazone groups is 1. The molecule has 0 aliphatic carbocycles. The number of amides is 2. The lowest BCUT2D eigenvalue weighted by Crippen LogP contribution is -2.46. The summed E-state index contributed by atoms with van der Waals surface area (Å²) in [6.07, 6.45) is 0. The van der Waals surface area contributed by atoms with Gasteiger partial charge in [-0.05, 0) is 36.8 Å². The molecule has 0 spiro atoms. The number of esters is 1. The monoisotopic (exact) mass is 323 g/mol. The number of ether oxygens (including phenoxy) is 1. The van der Waals surface area contributed by atoms with Gasteiger partial charge in [0.2, 0.25) is 0 Å². The lowest BCUT2D eigenvalue weighted by Gasteiger charge is -2.27. The predicted octanol–water partition coefficient (Wildman–Crippen LogP) is 2.80. The zero-order chi connectivity index (χ0) is 16.9. The summed E-state index contributed by atoms with van der Waals surface area (Å²) < 4.78 is 4.96. The van der Waals surface area contributed by atoms with Gasteiger partial charge in [-0.3, -0.25) is 4.90 Å². The Hall–Kier alpha value is -3.15. The molecule has 2 amide bonds. The van der Waals surface area contributed by atoms with Crippen molar-refractivity contribution >= 4 is 23.4 Å². The molecule has 2 aromatic rings. The highest BCUT2D eigenvalue weighted by molar-refractivity contribution is 6.10. The summed E-state index contributed by atoms with van der Waals surface area (Å²) in [5.74, 6) is -0.376. The summed E-state index contributed by atoms with van der Waals surface area (Å²) >= 11 is 0. The van der Waals surface area contributed by atoms with Gasteiger partial charge in [-0.15, -0.1) is 0 Å². The van der Waals surface area contributed by atoms with E-state index in [1.54, 1.807) is 36.1 Å². The SMILES string of the molecule is CCOC(=O)c1ccc(N2CC(c3ccccc3)=NNC2=O)cc1. The van der Waals surface area contributed by atoms with Gasteiger partial charge >= 0.3 is 12.0 Å². The quantitative estimate of drug-likeness (QED) is 0.880. The summed E-state index contributed by atoms with van der Waals surface area (Å²) in [5, 5.41) is 4.13. The van der Waals surface area contributed by atoms with Gasteiger partial charge < -0.3 is 4.74 Å². The molecule has 122 valence electrons. The number of nitrogens with zero attached hydrogens (tertiary/aromatic N) is 2. The number of carbonyl (C=O) groups is 2. The maximum absolute atomic E-state index is 12.1. The van der Waals surface area contributed by atoms with Crippen LogP contribution >= 0.6 is 0 Å². The van der Waals surface area contributed by atoms with Crippen molar-refractivity contribution < 1.29 is 14.3 Å². The van der Waals surface area contributed by atoms with Gasteiger partial charge in [-0.1, -0.05) is 30.3 Å². The molecule has 0 saturated carbocycles. The Morgan fingerprint density at radius 3 is 2.54 bits per heavy atom. The van der Waals surface area contributed by atoms with E-state index >= 15 is 0 Å². The van der Waals surface area contributed by atoms with Crippen LogP contribution in [0.1, 0.15) is 22.8 Å². The topological polar surface area (TPSA) is 71.0 Å². The van der Waals surface area contributed by atoms with Crippen molar-refractivity contribution in [1.29, 1.82) is 0 Å². The van der Waals surface area contributed by atoms with E-state index in [-0.39, 0.29) is 12.0 Å². The average Bonchev–Trinajstić information content (AvgIpc) is 2.63. The molecule has 6 nitrogen and oxygen atoms in total. The van der Waals surface area contributed by atoms with Crippen molar-refractivity contribution in [2.45, 2.75) is 6.92 Å². The number of anilines is 1. The van der Waals surface area contributed by atoms with Crippen LogP contribution in [0.4, 0.5) is 10.5 Å².